The summed E-state index contributed by atoms with van der Waals surface area (Å²) < 4.78 is 13.2. The molecule has 2 aromatic rings. The molecule has 0 saturated heterocycles. The van der Waals surface area contributed by atoms with Crippen LogP contribution in [0.4, 0.5) is 4.39 Å². The van der Waals surface area contributed by atoms with Crippen LogP contribution in [0.15, 0.2) is 42.5 Å². The summed E-state index contributed by atoms with van der Waals surface area (Å²) in [4.78, 5) is 4.20. The molecule has 1 aromatic carbocycles. The molecule has 0 fully saturated rings. The second-order valence-corrected chi connectivity index (χ2v) is 3.03. The molecule has 0 bridgehead atoms. The minimum absolute atomic E-state index is 0.282. The Morgan fingerprint density at radius 1 is 1.21 bits per heavy atom. The van der Waals surface area contributed by atoms with Crippen molar-refractivity contribution >= 4 is 16.7 Å². The van der Waals surface area contributed by atoms with Gasteiger partial charge in [0.2, 0.25) is 0 Å². The zero-order chi connectivity index (χ0) is 9.97. The topological polar surface area (TPSA) is 12.9 Å². The fourth-order valence-electron chi connectivity index (χ4n) is 1.35. The van der Waals surface area contributed by atoms with Crippen LogP contribution < -0.4 is 0 Å². The van der Waals surface area contributed by atoms with E-state index in [4.69, 9.17) is 0 Å². The monoisotopic (exact) mass is 187 g/mol. The average molecular weight is 187 g/mol. The minimum atomic E-state index is -0.282. The molecule has 0 saturated carbocycles. The van der Waals surface area contributed by atoms with Gasteiger partial charge in [-0.1, -0.05) is 24.3 Å². The van der Waals surface area contributed by atoms with E-state index in [9.17, 15) is 4.39 Å². The van der Waals surface area contributed by atoms with E-state index in [0.29, 0.717) is 5.69 Å². The molecule has 0 amide bonds. The Kier molecular flexibility index (Phi) is 2.27. The SMILES string of the molecule is C/C=C(\F)c1ccc2ccccc2n1. The summed E-state index contributed by atoms with van der Waals surface area (Å²) in [5.74, 6) is -0.282. The Labute approximate surface area is 81.9 Å². The van der Waals surface area contributed by atoms with Crippen molar-refractivity contribution in [3.8, 4) is 0 Å². The number of hydrogen-bond acceptors (Lipinski definition) is 1. The van der Waals surface area contributed by atoms with E-state index in [1.807, 2.05) is 30.3 Å². The van der Waals surface area contributed by atoms with E-state index >= 15 is 0 Å². The van der Waals surface area contributed by atoms with E-state index in [-0.39, 0.29) is 5.83 Å². The van der Waals surface area contributed by atoms with Crippen LogP contribution >= 0.6 is 0 Å². The van der Waals surface area contributed by atoms with Crippen LogP contribution in [0, 0.1) is 0 Å². The molecule has 0 atom stereocenters. The first-order valence-electron chi connectivity index (χ1n) is 4.49. The summed E-state index contributed by atoms with van der Waals surface area (Å²) in [6.45, 7) is 1.66. The van der Waals surface area contributed by atoms with Gasteiger partial charge in [0.1, 0.15) is 5.83 Å². The summed E-state index contributed by atoms with van der Waals surface area (Å²) in [6.07, 6.45) is 1.41. The van der Waals surface area contributed by atoms with Gasteiger partial charge in [-0.25, -0.2) is 9.37 Å². The van der Waals surface area contributed by atoms with Crippen molar-refractivity contribution in [3.63, 3.8) is 0 Å². The van der Waals surface area contributed by atoms with Crippen LogP contribution in [0.25, 0.3) is 16.7 Å². The second-order valence-electron chi connectivity index (χ2n) is 3.03. The quantitative estimate of drug-likeness (QED) is 0.665. The van der Waals surface area contributed by atoms with Gasteiger partial charge < -0.3 is 0 Å². The second kappa shape index (κ2) is 3.58. The van der Waals surface area contributed by atoms with E-state index < -0.39 is 0 Å². The Bertz CT molecular complexity index is 488. The Morgan fingerprint density at radius 3 is 2.79 bits per heavy atom. The smallest absolute Gasteiger partial charge is 0.144 e. The summed E-state index contributed by atoms with van der Waals surface area (Å²) in [7, 11) is 0. The molecular formula is C12H10FN. The van der Waals surface area contributed by atoms with Crippen molar-refractivity contribution in [3.05, 3.63) is 48.2 Å². The first-order valence-corrected chi connectivity index (χ1v) is 4.49. The molecule has 14 heavy (non-hydrogen) atoms. The highest BCUT2D eigenvalue weighted by atomic mass is 19.1. The predicted octanol–water partition coefficient (Wildman–Crippen LogP) is 3.57. The first-order chi connectivity index (χ1) is 6.81. The van der Waals surface area contributed by atoms with Crippen molar-refractivity contribution in [2.45, 2.75) is 6.92 Å². The fraction of sp³-hybridized carbons (Fsp3) is 0.0833. The van der Waals surface area contributed by atoms with Gasteiger partial charge in [0, 0.05) is 5.39 Å². The molecule has 1 heterocycles. The molecule has 2 heteroatoms. The van der Waals surface area contributed by atoms with Crippen LogP contribution in [0.2, 0.25) is 0 Å². The lowest BCUT2D eigenvalue weighted by molar-refractivity contribution is 0.752. The molecule has 0 aliphatic carbocycles. The average Bonchev–Trinajstić information content (AvgIpc) is 2.27. The van der Waals surface area contributed by atoms with Crippen LogP contribution in [0.3, 0.4) is 0 Å². The van der Waals surface area contributed by atoms with Gasteiger partial charge in [-0.05, 0) is 25.1 Å². The van der Waals surface area contributed by atoms with E-state index in [1.54, 1.807) is 13.0 Å². The number of para-hydroxylation sites is 1. The molecule has 0 aliphatic heterocycles. The summed E-state index contributed by atoms with van der Waals surface area (Å²) in [5, 5.41) is 1.03. The third-order valence-electron chi connectivity index (χ3n) is 2.10. The first kappa shape index (κ1) is 8.88. The zero-order valence-electron chi connectivity index (χ0n) is 7.87. The lowest BCUT2D eigenvalue weighted by atomic mass is 10.2. The molecule has 70 valence electrons. The Morgan fingerprint density at radius 2 is 2.00 bits per heavy atom. The van der Waals surface area contributed by atoms with Gasteiger partial charge in [-0.15, -0.1) is 0 Å². The van der Waals surface area contributed by atoms with Crippen LogP contribution in [0.5, 0.6) is 0 Å². The summed E-state index contributed by atoms with van der Waals surface area (Å²) in [5.41, 5.74) is 1.22. The molecule has 0 aliphatic rings. The van der Waals surface area contributed by atoms with Gasteiger partial charge in [0.25, 0.3) is 0 Å². The largest absolute Gasteiger partial charge is 0.245 e. The predicted molar refractivity (Wildman–Crippen MR) is 56.5 cm³/mol. The van der Waals surface area contributed by atoms with E-state index in [0.717, 1.165) is 10.9 Å². The number of rotatable bonds is 1. The molecule has 0 radical (unpaired) electrons. The lowest BCUT2D eigenvalue weighted by Gasteiger charge is -1.99. The highest BCUT2D eigenvalue weighted by Gasteiger charge is 2.01. The van der Waals surface area contributed by atoms with Gasteiger partial charge in [0.05, 0.1) is 11.2 Å². The number of aromatic nitrogens is 1. The van der Waals surface area contributed by atoms with Crippen LogP contribution in [-0.4, -0.2) is 4.98 Å². The Balaban J connectivity index is 2.62. The highest BCUT2D eigenvalue weighted by molar-refractivity contribution is 5.80. The molecule has 1 aromatic heterocycles. The molecule has 1 nitrogen and oxygen atoms in total. The number of hydrogen-bond donors (Lipinski definition) is 0. The van der Waals surface area contributed by atoms with Gasteiger partial charge in [-0.3, -0.25) is 0 Å². The number of fused-ring (bicyclic) bond motifs is 1. The number of nitrogens with zero attached hydrogens (tertiary/aromatic N) is 1. The highest BCUT2D eigenvalue weighted by Crippen LogP contribution is 2.17. The number of halogens is 1. The zero-order valence-corrected chi connectivity index (χ0v) is 7.87. The van der Waals surface area contributed by atoms with Crippen molar-refractivity contribution in [1.29, 1.82) is 0 Å². The maximum Gasteiger partial charge on any atom is 0.144 e. The van der Waals surface area contributed by atoms with Gasteiger partial charge in [-0.2, -0.15) is 0 Å². The molecule has 0 spiro atoms. The maximum atomic E-state index is 13.2. The maximum absolute atomic E-state index is 13.2. The summed E-state index contributed by atoms with van der Waals surface area (Å²) in [6, 6.07) is 11.2. The normalized spacial score (nSPS) is 12.0. The number of pyridine rings is 1. The number of benzene rings is 1. The summed E-state index contributed by atoms with van der Waals surface area (Å²) >= 11 is 0. The Hall–Kier alpha value is -1.70. The van der Waals surface area contributed by atoms with Crippen molar-refractivity contribution in [2.24, 2.45) is 0 Å². The van der Waals surface area contributed by atoms with Crippen LogP contribution in [-0.2, 0) is 0 Å². The third kappa shape index (κ3) is 1.51. The van der Waals surface area contributed by atoms with Crippen molar-refractivity contribution < 1.29 is 4.39 Å². The molecule has 2 rings (SSSR count). The molecule has 0 N–H and O–H groups in total. The molecule has 0 unspecified atom stereocenters. The van der Waals surface area contributed by atoms with Crippen LogP contribution in [0.1, 0.15) is 12.6 Å². The molecular weight excluding hydrogens is 177 g/mol. The minimum Gasteiger partial charge on any atom is -0.245 e. The van der Waals surface area contributed by atoms with Gasteiger partial charge in [0.15, 0.2) is 0 Å². The standard InChI is InChI=1S/C12H10FN/c1-2-10(13)12-8-7-9-5-3-4-6-11(9)14-12/h2-8H,1H3/b10-2-. The van der Waals surface area contributed by atoms with Crippen molar-refractivity contribution in [2.75, 3.05) is 0 Å². The fourth-order valence-corrected chi connectivity index (χ4v) is 1.35. The third-order valence-corrected chi connectivity index (χ3v) is 2.10. The number of allylic oxidation sites excluding steroid dienone is 1. The van der Waals surface area contributed by atoms with Gasteiger partial charge >= 0.3 is 0 Å². The van der Waals surface area contributed by atoms with E-state index in [1.165, 1.54) is 6.08 Å². The van der Waals surface area contributed by atoms with E-state index in [2.05, 4.69) is 4.98 Å². The lowest BCUT2D eigenvalue weighted by Crippen LogP contribution is -1.85. The van der Waals surface area contributed by atoms with Crippen molar-refractivity contribution in [1.82, 2.24) is 4.98 Å².